The maximum absolute atomic E-state index is 13.1. The predicted molar refractivity (Wildman–Crippen MR) is 122 cm³/mol. The normalized spacial score (nSPS) is 11.3. The monoisotopic (exact) mass is 451 g/mol. The highest BCUT2D eigenvalue weighted by Gasteiger charge is 2.22. The molecule has 32 heavy (non-hydrogen) atoms. The van der Waals surface area contributed by atoms with E-state index in [0.29, 0.717) is 34.1 Å². The van der Waals surface area contributed by atoms with Crippen LogP contribution in [0.15, 0.2) is 76.0 Å². The second-order valence-corrected chi connectivity index (χ2v) is 9.04. The lowest BCUT2D eigenvalue weighted by Crippen LogP contribution is -2.26. The lowest BCUT2D eigenvalue weighted by Gasteiger charge is -2.20. The van der Waals surface area contributed by atoms with Gasteiger partial charge in [0.15, 0.2) is 11.5 Å². The third-order valence-corrected chi connectivity index (χ3v) is 6.72. The van der Waals surface area contributed by atoms with E-state index in [0.717, 1.165) is 4.31 Å². The molecule has 0 aliphatic rings. The van der Waals surface area contributed by atoms with Crippen LogP contribution in [-0.2, 0) is 10.0 Å². The van der Waals surface area contributed by atoms with Gasteiger partial charge in [-0.25, -0.2) is 13.4 Å². The summed E-state index contributed by atoms with van der Waals surface area (Å²) in [5, 5.41) is 2.77. The van der Waals surface area contributed by atoms with Gasteiger partial charge in [0.2, 0.25) is 0 Å². The van der Waals surface area contributed by atoms with E-state index in [4.69, 9.17) is 9.15 Å². The summed E-state index contributed by atoms with van der Waals surface area (Å²) in [6, 6.07) is 17.7. The molecule has 0 aliphatic carbocycles. The summed E-state index contributed by atoms with van der Waals surface area (Å²) in [6.07, 6.45) is 0. The molecule has 0 aliphatic heterocycles. The Bertz CT molecular complexity index is 1390. The smallest absolute Gasteiger partial charge is 0.264 e. The molecule has 4 rings (SSSR count). The number of fused-ring (bicyclic) bond motifs is 1. The quantitative estimate of drug-likeness (QED) is 0.471. The number of amides is 1. The lowest BCUT2D eigenvalue weighted by atomic mass is 10.2. The molecule has 8 nitrogen and oxygen atoms in total. The number of nitrogens with zero attached hydrogens (tertiary/aromatic N) is 2. The van der Waals surface area contributed by atoms with Crippen LogP contribution in [0, 0.1) is 6.92 Å². The zero-order valence-electron chi connectivity index (χ0n) is 17.7. The molecule has 0 atom stereocenters. The maximum Gasteiger partial charge on any atom is 0.264 e. The molecule has 0 fully saturated rings. The number of nitrogens with one attached hydrogen (secondary N) is 1. The predicted octanol–water partition coefficient (Wildman–Crippen LogP) is 4.22. The van der Waals surface area contributed by atoms with Crippen LogP contribution in [0.25, 0.3) is 11.1 Å². The van der Waals surface area contributed by atoms with Crippen LogP contribution in [0.4, 0.5) is 11.4 Å². The fourth-order valence-corrected chi connectivity index (χ4v) is 4.45. The van der Waals surface area contributed by atoms with Crippen molar-refractivity contribution in [1.29, 1.82) is 0 Å². The molecule has 0 spiro atoms. The Morgan fingerprint density at radius 1 is 1.06 bits per heavy atom. The first kappa shape index (κ1) is 21.4. The van der Waals surface area contributed by atoms with Gasteiger partial charge in [-0.15, -0.1) is 0 Å². The molecular weight excluding hydrogens is 430 g/mol. The van der Waals surface area contributed by atoms with Gasteiger partial charge in [-0.2, -0.15) is 0 Å². The van der Waals surface area contributed by atoms with E-state index in [1.165, 1.54) is 32.4 Å². The number of hydrogen-bond donors (Lipinski definition) is 1. The van der Waals surface area contributed by atoms with Crippen molar-refractivity contribution in [2.45, 2.75) is 11.8 Å². The van der Waals surface area contributed by atoms with Crippen LogP contribution in [0.2, 0.25) is 0 Å². The number of benzene rings is 3. The van der Waals surface area contributed by atoms with Gasteiger partial charge in [-0.05, 0) is 60.7 Å². The van der Waals surface area contributed by atoms with E-state index in [9.17, 15) is 13.2 Å². The first-order valence-corrected chi connectivity index (χ1v) is 11.1. The van der Waals surface area contributed by atoms with Crippen LogP contribution >= 0.6 is 0 Å². The van der Waals surface area contributed by atoms with Crippen molar-refractivity contribution in [2.24, 2.45) is 0 Å². The van der Waals surface area contributed by atoms with Crippen LogP contribution in [-0.4, -0.2) is 33.5 Å². The molecule has 164 valence electrons. The van der Waals surface area contributed by atoms with Gasteiger partial charge in [0.05, 0.1) is 17.7 Å². The molecule has 3 aromatic carbocycles. The average molecular weight is 452 g/mol. The Balaban J connectivity index is 1.57. The van der Waals surface area contributed by atoms with E-state index in [1.807, 2.05) is 0 Å². The highest BCUT2D eigenvalue weighted by molar-refractivity contribution is 7.92. The van der Waals surface area contributed by atoms with E-state index < -0.39 is 15.9 Å². The first-order chi connectivity index (χ1) is 15.3. The molecule has 1 heterocycles. The number of aryl methyl sites for hydroxylation is 1. The van der Waals surface area contributed by atoms with E-state index >= 15 is 0 Å². The number of hydrogen-bond acceptors (Lipinski definition) is 6. The minimum atomic E-state index is -3.88. The van der Waals surface area contributed by atoms with Gasteiger partial charge >= 0.3 is 0 Å². The van der Waals surface area contributed by atoms with Gasteiger partial charge in [-0.1, -0.05) is 6.07 Å². The third kappa shape index (κ3) is 4.15. The van der Waals surface area contributed by atoms with Gasteiger partial charge in [0.1, 0.15) is 11.3 Å². The van der Waals surface area contributed by atoms with Crippen LogP contribution < -0.4 is 14.4 Å². The summed E-state index contributed by atoms with van der Waals surface area (Å²) in [5.74, 6) is 0.716. The minimum Gasteiger partial charge on any atom is -0.497 e. The third-order valence-electron chi connectivity index (χ3n) is 4.94. The molecule has 0 bridgehead atoms. The van der Waals surface area contributed by atoms with Crippen molar-refractivity contribution in [3.63, 3.8) is 0 Å². The Hall–Kier alpha value is -3.85. The molecule has 1 amide bonds. The highest BCUT2D eigenvalue weighted by Crippen LogP contribution is 2.25. The summed E-state index contributed by atoms with van der Waals surface area (Å²) in [6.45, 7) is 1.74. The first-order valence-electron chi connectivity index (χ1n) is 9.69. The molecule has 1 aromatic heterocycles. The molecular formula is C23H21N3O5S. The van der Waals surface area contributed by atoms with Crippen molar-refractivity contribution in [1.82, 2.24) is 4.98 Å². The van der Waals surface area contributed by atoms with E-state index in [-0.39, 0.29) is 10.5 Å². The van der Waals surface area contributed by atoms with Crippen LogP contribution in [0.1, 0.15) is 16.2 Å². The Morgan fingerprint density at radius 2 is 1.81 bits per heavy atom. The molecule has 0 saturated carbocycles. The Morgan fingerprint density at radius 3 is 2.53 bits per heavy atom. The molecule has 0 saturated heterocycles. The summed E-state index contributed by atoms with van der Waals surface area (Å²) in [5.41, 5.74) is 2.45. The van der Waals surface area contributed by atoms with Gasteiger partial charge in [0.25, 0.3) is 15.9 Å². The number of ether oxygens (including phenoxy) is 1. The highest BCUT2D eigenvalue weighted by atomic mass is 32.2. The zero-order valence-corrected chi connectivity index (χ0v) is 18.5. The summed E-state index contributed by atoms with van der Waals surface area (Å²) < 4.78 is 37.9. The SMILES string of the molecule is COc1ccc(N(C)S(=O)(=O)c2cccc(C(=O)Nc3ccc4oc(C)nc4c3)c2)cc1. The van der Waals surface area contributed by atoms with Crippen LogP contribution in [0.3, 0.4) is 0 Å². The number of carbonyl (C=O) groups is 1. The number of aromatic nitrogens is 1. The average Bonchev–Trinajstić information content (AvgIpc) is 3.18. The second-order valence-electron chi connectivity index (χ2n) is 7.07. The van der Waals surface area contributed by atoms with Crippen molar-refractivity contribution < 1.29 is 22.4 Å². The fraction of sp³-hybridized carbons (Fsp3) is 0.130. The van der Waals surface area contributed by atoms with Crippen molar-refractivity contribution in [3.8, 4) is 5.75 Å². The summed E-state index contributed by atoms with van der Waals surface area (Å²) >= 11 is 0. The number of anilines is 2. The number of carbonyl (C=O) groups excluding carboxylic acids is 1. The standard InChI is InChI=1S/C23H21N3O5S/c1-15-24-21-14-17(7-12-22(21)31-15)25-23(27)16-5-4-6-20(13-16)32(28,29)26(2)18-8-10-19(30-3)11-9-18/h4-14H,1-3H3,(H,25,27). The molecule has 0 radical (unpaired) electrons. The zero-order chi connectivity index (χ0) is 22.9. The summed E-state index contributed by atoms with van der Waals surface area (Å²) in [7, 11) is -0.881. The Labute approximate surface area is 185 Å². The van der Waals surface area contributed by atoms with Gasteiger partial charge in [-0.3, -0.25) is 9.10 Å². The van der Waals surface area contributed by atoms with Gasteiger partial charge in [0, 0.05) is 25.2 Å². The van der Waals surface area contributed by atoms with Crippen molar-refractivity contribution >= 4 is 38.4 Å². The van der Waals surface area contributed by atoms with Gasteiger partial charge < -0.3 is 14.5 Å². The molecule has 1 N–H and O–H groups in total. The minimum absolute atomic E-state index is 0.00560. The number of methoxy groups -OCH3 is 1. The van der Waals surface area contributed by atoms with E-state index in [2.05, 4.69) is 10.3 Å². The largest absolute Gasteiger partial charge is 0.497 e. The fourth-order valence-electron chi connectivity index (χ4n) is 3.21. The molecule has 4 aromatic rings. The van der Waals surface area contributed by atoms with E-state index in [1.54, 1.807) is 55.5 Å². The number of oxazole rings is 1. The van der Waals surface area contributed by atoms with Crippen molar-refractivity contribution in [2.75, 3.05) is 23.8 Å². The lowest BCUT2D eigenvalue weighted by molar-refractivity contribution is 0.102. The number of sulfonamides is 1. The molecule has 9 heteroatoms. The van der Waals surface area contributed by atoms with Crippen LogP contribution in [0.5, 0.6) is 5.75 Å². The second kappa shape index (κ2) is 8.35. The summed E-state index contributed by atoms with van der Waals surface area (Å²) in [4.78, 5) is 17.0. The molecule has 0 unspecified atom stereocenters. The Kier molecular flexibility index (Phi) is 5.58. The maximum atomic E-state index is 13.1. The topological polar surface area (TPSA) is 102 Å². The number of rotatable bonds is 6. The van der Waals surface area contributed by atoms with Crippen molar-refractivity contribution in [3.05, 3.63) is 78.2 Å².